The van der Waals surface area contributed by atoms with E-state index in [0.717, 1.165) is 0 Å². The van der Waals surface area contributed by atoms with E-state index in [1.807, 2.05) is 0 Å². The Morgan fingerprint density at radius 2 is 1.91 bits per heavy atom. The summed E-state index contributed by atoms with van der Waals surface area (Å²) in [6.07, 6.45) is 1.33. The molecule has 1 N–H and O–H groups in total. The van der Waals surface area contributed by atoms with Crippen LogP contribution in [-0.4, -0.2) is 54.8 Å². The third-order valence-corrected chi connectivity index (χ3v) is 6.45. The lowest BCUT2D eigenvalue weighted by Gasteiger charge is -2.44. The van der Waals surface area contributed by atoms with Crippen LogP contribution in [0.2, 0.25) is 10.0 Å². The third kappa shape index (κ3) is 4.54. The van der Waals surface area contributed by atoms with Gasteiger partial charge in [0.2, 0.25) is 5.91 Å². The Morgan fingerprint density at radius 3 is 2.59 bits per heavy atom. The number of carbonyl (C=O) groups is 3. The number of amides is 2. The van der Waals surface area contributed by atoms with Crippen LogP contribution in [0, 0.1) is 0 Å². The normalized spacial score (nSPS) is 16.8. The van der Waals surface area contributed by atoms with Gasteiger partial charge >= 0.3 is 0 Å². The molecule has 2 aromatic rings. The van der Waals surface area contributed by atoms with Crippen molar-refractivity contribution in [2.45, 2.75) is 24.9 Å². The molecule has 4 rings (SSSR count). The van der Waals surface area contributed by atoms with Crippen LogP contribution in [0.15, 0.2) is 36.4 Å². The molecule has 0 atom stereocenters. The highest BCUT2D eigenvalue weighted by molar-refractivity contribution is 6.36. The second-order valence-corrected chi connectivity index (χ2v) is 8.78. The first-order valence-corrected chi connectivity index (χ1v) is 11.0. The van der Waals surface area contributed by atoms with Crippen LogP contribution < -0.4 is 14.8 Å². The SMILES string of the molecule is COc1ccc2c(c1)C(=O)CC1(CCN(C(=O)CNC(=O)c3ccc(Cl)cc3Cl)CC1)O2. The van der Waals surface area contributed by atoms with Crippen LogP contribution in [-0.2, 0) is 4.79 Å². The van der Waals surface area contributed by atoms with E-state index in [9.17, 15) is 14.4 Å². The van der Waals surface area contributed by atoms with Gasteiger partial charge in [-0.2, -0.15) is 0 Å². The van der Waals surface area contributed by atoms with Gasteiger partial charge in [-0.15, -0.1) is 0 Å². The van der Waals surface area contributed by atoms with Crippen LogP contribution >= 0.6 is 23.2 Å². The molecule has 0 bridgehead atoms. The van der Waals surface area contributed by atoms with Crippen molar-refractivity contribution in [3.05, 3.63) is 57.6 Å². The molecule has 168 valence electrons. The Kier molecular flexibility index (Phi) is 6.31. The topological polar surface area (TPSA) is 84.9 Å². The number of rotatable bonds is 4. The van der Waals surface area contributed by atoms with Gasteiger partial charge in [0.1, 0.15) is 17.1 Å². The summed E-state index contributed by atoms with van der Waals surface area (Å²) in [5.74, 6) is 0.525. The molecule has 2 aliphatic heterocycles. The summed E-state index contributed by atoms with van der Waals surface area (Å²) in [4.78, 5) is 39.3. The molecule has 1 spiro atoms. The average Bonchev–Trinajstić information content (AvgIpc) is 2.77. The minimum absolute atomic E-state index is 0.0111. The van der Waals surface area contributed by atoms with Gasteiger partial charge in [-0.1, -0.05) is 23.2 Å². The Morgan fingerprint density at radius 1 is 1.16 bits per heavy atom. The number of likely N-dealkylation sites (tertiary alicyclic amines) is 1. The summed E-state index contributed by atoms with van der Waals surface area (Å²) in [7, 11) is 1.55. The number of benzene rings is 2. The number of ketones is 1. The highest BCUT2D eigenvalue weighted by atomic mass is 35.5. The second-order valence-electron chi connectivity index (χ2n) is 7.93. The van der Waals surface area contributed by atoms with Crippen LogP contribution in [0.5, 0.6) is 11.5 Å². The van der Waals surface area contributed by atoms with Gasteiger partial charge in [-0.3, -0.25) is 14.4 Å². The quantitative estimate of drug-likeness (QED) is 0.725. The first-order chi connectivity index (χ1) is 15.3. The Labute approximate surface area is 195 Å². The van der Waals surface area contributed by atoms with Crippen LogP contribution in [0.3, 0.4) is 0 Å². The largest absolute Gasteiger partial charge is 0.497 e. The highest BCUT2D eigenvalue weighted by Gasteiger charge is 2.43. The smallest absolute Gasteiger partial charge is 0.253 e. The lowest BCUT2D eigenvalue weighted by atomic mass is 9.82. The molecule has 1 saturated heterocycles. The van der Waals surface area contributed by atoms with E-state index in [1.54, 1.807) is 36.3 Å². The molecule has 2 aliphatic rings. The number of piperidine rings is 1. The highest BCUT2D eigenvalue weighted by Crippen LogP contribution is 2.40. The number of Topliss-reactive ketones (excluding diaryl/α,β-unsaturated/α-hetero) is 1. The van der Waals surface area contributed by atoms with Crippen LogP contribution in [0.25, 0.3) is 0 Å². The number of nitrogens with zero attached hydrogens (tertiary/aromatic N) is 1. The van der Waals surface area contributed by atoms with E-state index in [4.69, 9.17) is 32.7 Å². The maximum absolute atomic E-state index is 12.7. The van der Waals surface area contributed by atoms with E-state index in [1.165, 1.54) is 12.1 Å². The first-order valence-electron chi connectivity index (χ1n) is 10.2. The van der Waals surface area contributed by atoms with Crippen molar-refractivity contribution in [2.75, 3.05) is 26.7 Å². The number of hydrogen-bond donors (Lipinski definition) is 1. The van der Waals surface area contributed by atoms with E-state index in [2.05, 4.69) is 5.32 Å². The van der Waals surface area contributed by atoms with Gasteiger partial charge in [0.25, 0.3) is 5.91 Å². The van der Waals surface area contributed by atoms with E-state index in [-0.39, 0.29) is 35.2 Å². The number of fused-ring (bicyclic) bond motifs is 1. The van der Waals surface area contributed by atoms with Crippen molar-refractivity contribution in [3.8, 4) is 11.5 Å². The molecule has 0 unspecified atom stereocenters. The van der Waals surface area contributed by atoms with E-state index in [0.29, 0.717) is 48.0 Å². The molecule has 32 heavy (non-hydrogen) atoms. The first kappa shape index (κ1) is 22.4. The second kappa shape index (κ2) is 9.00. The summed E-state index contributed by atoms with van der Waals surface area (Å²) in [5, 5.41) is 3.25. The molecule has 9 heteroatoms. The zero-order chi connectivity index (χ0) is 22.9. The fraction of sp³-hybridized carbons (Fsp3) is 0.348. The minimum atomic E-state index is -0.616. The maximum atomic E-state index is 12.7. The lowest BCUT2D eigenvalue weighted by molar-refractivity contribution is -0.133. The molecular formula is C23H22Cl2N2O5. The van der Waals surface area contributed by atoms with Gasteiger partial charge in [0.15, 0.2) is 5.78 Å². The van der Waals surface area contributed by atoms with Gasteiger partial charge in [-0.05, 0) is 36.4 Å². The Balaban J connectivity index is 1.33. The number of halogens is 2. The van der Waals surface area contributed by atoms with Crippen molar-refractivity contribution < 1.29 is 23.9 Å². The summed E-state index contributed by atoms with van der Waals surface area (Å²) >= 11 is 11.9. The lowest BCUT2D eigenvalue weighted by Crippen LogP contribution is -2.53. The molecule has 2 aromatic carbocycles. The van der Waals surface area contributed by atoms with Crippen LogP contribution in [0.4, 0.5) is 0 Å². The van der Waals surface area contributed by atoms with Crippen molar-refractivity contribution in [1.29, 1.82) is 0 Å². The molecule has 2 heterocycles. The average molecular weight is 477 g/mol. The molecule has 1 fully saturated rings. The van der Waals surface area contributed by atoms with Crippen molar-refractivity contribution in [3.63, 3.8) is 0 Å². The van der Waals surface area contributed by atoms with Crippen molar-refractivity contribution >= 4 is 40.8 Å². The maximum Gasteiger partial charge on any atom is 0.253 e. The van der Waals surface area contributed by atoms with E-state index >= 15 is 0 Å². The zero-order valence-electron chi connectivity index (χ0n) is 17.5. The molecule has 7 nitrogen and oxygen atoms in total. The van der Waals surface area contributed by atoms with Gasteiger partial charge in [0.05, 0.1) is 36.2 Å². The molecule has 2 amide bonds. The zero-order valence-corrected chi connectivity index (χ0v) is 19.0. The number of methoxy groups -OCH3 is 1. The van der Waals surface area contributed by atoms with Crippen molar-refractivity contribution in [2.24, 2.45) is 0 Å². The molecule has 0 saturated carbocycles. The number of hydrogen-bond acceptors (Lipinski definition) is 5. The minimum Gasteiger partial charge on any atom is -0.497 e. The predicted molar refractivity (Wildman–Crippen MR) is 120 cm³/mol. The van der Waals surface area contributed by atoms with E-state index < -0.39 is 11.5 Å². The fourth-order valence-corrected chi connectivity index (χ4v) is 4.57. The summed E-state index contributed by atoms with van der Waals surface area (Å²) in [6.45, 7) is 0.734. The van der Waals surface area contributed by atoms with Gasteiger partial charge in [-0.25, -0.2) is 0 Å². The molecule has 0 aromatic heterocycles. The standard InChI is InChI=1S/C23H22Cl2N2O5/c1-31-15-3-5-20-17(11-15)19(28)12-23(32-20)6-8-27(9-7-23)21(29)13-26-22(30)16-4-2-14(24)10-18(16)25/h2-5,10-11H,6-9,12-13H2,1H3,(H,26,30). The number of carbonyl (C=O) groups excluding carboxylic acids is 3. The van der Waals surface area contributed by atoms with Gasteiger partial charge < -0.3 is 19.7 Å². The summed E-state index contributed by atoms with van der Waals surface area (Å²) < 4.78 is 11.4. The summed E-state index contributed by atoms with van der Waals surface area (Å²) in [5.41, 5.74) is 0.165. The van der Waals surface area contributed by atoms with Crippen LogP contribution in [0.1, 0.15) is 40.0 Å². The Bertz CT molecular complexity index is 1080. The summed E-state index contributed by atoms with van der Waals surface area (Å²) in [6, 6.07) is 9.76. The Hall–Kier alpha value is -2.77. The number of nitrogens with one attached hydrogen (secondary N) is 1. The number of ether oxygens (including phenoxy) is 2. The predicted octanol–water partition coefficient (Wildman–Crippen LogP) is 3.76. The monoisotopic (exact) mass is 476 g/mol. The van der Waals surface area contributed by atoms with Gasteiger partial charge in [0, 0.05) is 31.0 Å². The molecule has 0 aliphatic carbocycles. The third-order valence-electron chi connectivity index (χ3n) is 5.90. The molecule has 0 radical (unpaired) electrons. The molecular weight excluding hydrogens is 455 g/mol. The van der Waals surface area contributed by atoms with Crippen molar-refractivity contribution in [1.82, 2.24) is 10.2 Å². The fourth-order valence-electron chi connectivity index (χ4n) is 4.08.